The molecule has 3 fully saturated rings. The van der Waals surface area contributed by atoms with Crippen LogP contribution in [-0.4, -0.2) is 65.1 Å². The Morgan fingerprint density at radius 1 is 1.27 bits per heavy atom. The summed E-state index contributed by atoms with van der Waals surface area (Å²) in [6.45, 7) is 4.93. The molecular weight excluding hydrogens is 298 g/mol. The number of nitrogens with zero attached hydrogens (tertiary/aromatic N) is 3. The lowest BCUT2D eigenvalue weighted by molar-refractivity contribution is -0.0393. The predicted molar refractivity (Wildman–Crippen MR) is 85.1 cm³/mol. The first-order valence-corrected chi connectivity index (χ1v) is 9.26. The number of hydrogen-bond donors (Lipinski definition) is 0. The van der Waals surface area contributed by atoms with Crippen LogP contribution in [0, 0.1) is 0 Å². The number of thiazole rings is 1. The maximum absolute atomic E-state index is 12.4. The van der Waals surface area contributed by atoms with Crippen molar-refractivity contribution in [3.63, 3.8) is 0 Å². The molecule has 22 heavy (non-hydrogen) atoms. The van der Waals surface area contributed by atoms with Gasteiger partial charge in [0.1, 0.15) is 5.69 Å². The largest absolute Gasteiger partial charge is 0.373 e. The Labute approximate surface area is 135 Å². The molecule has 4 rings (SSSR count). The van der Waals surface area contributed by atoms with Crippen LogP contribution in [-0.2, 0) is 4.74 Å². The summed E-state index contributed by atoms with van der Waals surface area (Å²) in [4.78, 5) is 21.0. The van der Waals surface area contributed by atoms with Gasteiger partial charge < -0.3 is 9.64 Å². The van der Waals surface area contributed by atoms with Gasteiger partial charge in [-0.15, -0.1) is 11.3 Å². The van der Waals surface area contributed by atoms with Crippen molar-refractivity contribution >= 4 is 17.2 Å². The molecule has 0 radical (unpaired) electrons. The number of carbonyl (C=O) groups is 1. The van der Waals surface area contributed by atoms with Gasteiger partial charge in [-0.1, -0.05) is 0 Å². The fraction of sp³-hybridized carbons (Fsp3) is 0.750. The molecule has 6 heteroatoms. The van der Waals surface area contributed by atoms with Crippen LogP contribution in [0.5, 0.6) is 0 Å². The van der Waals surface area contributed by atoms with Gasteiger partial charge >= 0.3 is 0 Å². The Balaban J connectivity index is 1.35. The Kier molecular flexibility index (Phi) is 3.92. The molecule has 1 atom stereocenters. The normalized spacial score (nSPS) is 28.5. The van der Waals surface area contributed by atoms with E-state index >= 15 is 0 Å². The van der Waals surface area contributed by atoms with Crippen molar-refractivity contribution in [1.82, 2.24) is 14.8 Å². The summed E-state index contributed by atoms with van der Waals surface area (Å²) in [5.41, 5.74) is 2.33. The lowest BCUT2D eigenvalue weighted by Gasteiger charge is -2.38. The Morgan fingerprint density at radius 3 is 2.73 bits per heavy atom. The third-order valence-corrected chi connectivity index (χ3v) is 6.05. The molecule has 1 spiro atoms. The van der Waals surface area contributed by atoms with E-state index in [1.165, 1.54) is 37.3 Å². The Morgan fingerprint density at radius 2 is 2.05 bits per heavy atom. The summed E-state index contributed by atoms with van der Waals surface area (Å²) in [6, 6.07) is 0.600. The predicted octanol–water partition coefficient (Wildman–Crippen LogP) is 2.00. The van der Waals surface area contributed by atoms with Crippen molar-refractivity contribution in [3.8, 4) is 0 Å². The number of carbonyl (C=O) groups excluding carboxylic acids is 1. The number of ether oxygens (including phenoxy) is 1. The SMILES string of the molecule is O=C(c1cscn1)N1CCC2(CC1)CC(N1CCCC1)CO2. The molecule has 3 saturated heterocycles. The summed E-state index contributed by atoms with van der Waals surface area (Å²) in [5, 5.41) is 1.84. The van der Waals surface area contributed by atoms with Gasteiger partial charge in [0.15, 0.2) is 0 Å². The Hall–Kier alpha value is -0.980. The van der Waals surface area contributed by atoms with Crippen LogP contribution in [0.1, 0.15) is 42.6 Å². The Bertz CT molecular complexity index is 520. The second kappa shape index (κ2) is 5.91. The van der Waals surface area contributed by atoms with Crippen LogP contribution < -0.4 is 0 Å². The van der Waals surface area contributed by atoms with Crippen molar-refractivity contribution in [2.24, 2.45) is 0 Å². The molecule has 3 aliphatic rings. The van der Waals surface area contributed by atoms with Crippen LogP contribution in [0.25, 0.3) is 0 Å². The molecule has 5 nitrogen and oxygen atoms in total. The van der Waals surface area contributed by atoms with Crippen LogP contribution in [0.4, 0.5) is 0 Å². The number of aromatic nitrogens is 1. The fourth-order valence-corrected chi connectivity index (χ4v) is 4.63. The standard InChI is InChI=1S/C16H23N3O2S/c20-15(14-11-22-12-17-14)19-7-3-16(4-8-19)9-13(10-21-16)18-5-1-2-6-18/h11-13H,1-10H2. The first-order valence-electron chi connectivity index (χ1n) is 8.31. The second-order valence-electron chi connectivity index (χ2n) is 6.76. The summed E-state index contributed by atoms with van der Waals surface area (Å²) in [7, 11) is 0. The first-order chi connectivity index (χ1) is 10.8. The maximum atomic E-state index is 12.4. The zero-order chi connectivity index (χ0) is 15.0. The molecule has 0 aliphatic carbocycles. The van der Waals surface area contributed by atoms with E-state index in [9.17, 15) is 4.79 Å². The molecule has 4 heterocycles. The van der Waals surface area contributed by atoms with E-state index in [-0.39, 0.29) is 11.5 Å². The third-order valence-electron chi connectivity index (χ3n) is 5.46. The molecule has 0 N–H and O–H groups in total. The fourth-order valence-electron chi connectivity index (χ4n) is 4.11. The molecule has 1 aromatic heterocycles. The van der Waals surface area contributed by atoms with E-state index < -0.39 is 0 Å². The van der Waals surface area contributed by atoms with Gasteiger partial charge in [-0.3, -0.25) is 9.69 Å². The summed E-state index contributed by atoms with van der Waals surface area (Å²) in [6.07, 6.45) is 5.74. The summed E-state index contributed by atoms with van der Waals surface area (Å²) < 4.78 is 6.23. The maximum Gasteiger partial charge on any atom is 0.273 e. The van der Waals surface area contributed by atoms with Gasteiger partial charge in [0.2, 0.25) is 0 Å². The lowest BCUT2D eigenvalue weighted by Crippen LogP contribution is -2.47. The minimum Gasteiger partial charge on any atom is -0.373 e. The molecule has 1 unspecified atom stereocenters. The average Bonchev–Trinajstić information content (AvgIpc) is 3.29. The van der Waals surface area contributed by atoms with Gasteiger partial charge in [-0.05, 0) is 45.2 Å². The summed E-state index contributed by atoms with van der Waals surface area (Å²) in [5.74, 6) is 0.0742. The van der Waals surface area contributed by atoms with Gasteiger partial charge in [0.05, 0.1) is 17.7 Å². The van der Waals surface area contributed by atoms with Crippen molar-refractivity contribution in [1.29, 1.82) is 0 Å². The van der Waals surface area contributed by atoms with Gasteiger partial charge in [-0.25, -0.2) is 4.98 Å². The van der Waals surface area contributed by atoms with Gasteiger partial charge in [-0.2, -0.15) is 0 Å². The highest BCUT2D eigenvalue weighted by Gasteiger charge is 2.45. The monoisotopic (exact) mass is 321 g/mol. The van der Waals surface area contributed by atoms with Crippen LogP contribution in [0.2, 0.25) is 0 Å². The highest BCUT2D eigenvalue weighted by molar-refractivity contribution is 7.07. The average molecular weight is 321 g/mol. The van der Waals surface area contributed by atoms with Gasteiger partial charge in [0.25, 0.3) is 5.91 Å². The smallest absolute Gasteiger partial charge is 0.273 e. The number of likely N-dealkylation sites (tertiary alicyclic amines) is 2. The van der Waals surface area contributed by atoms with Crippen LogP contribution in [0.3, 0.4) is 0 Å². The molecular formula is C16H23N3O2S. The highest BCUT2D eigenvalue weighted by atomic mass is 32.1. The molecule has 1 amide bonds. The quantitative estimate of drug-likeness (QED) is 0.836. The van der Waals surface area contributed by atoms with Crippen molar-refractivity contribution in [2.45, 2.75) is 43.7 Å². The van der Waals surface area contributed by atoms with E-state index in [1.807, 2.05) is 10.3 Å². The number of rotatable bonds is 2. The van der Waals surface area contributed by atoms with E-state index in [2.05, 4.69) is 9.88 Å². The molecule has 3 aliphatic heterocycles. The van der Waals surface area contributed by atoms with Crippen molar-refractivity contribution in [2.75, 3.05) is 32.8 Å². The van der Waals surface area contributed by atoms with Crippen LogP contribution >= 0.6 is 11.3 Å². The third kappa shape index (κ3) is 2.68. The molecule has 0 aromatic carbocycles. The summed E-state index contributed by atoms with van der Waals surface area (Å²) >= 11 is 1.48. The second-order valence-corrected chi connectivity index (χ2v) is 7.48. The minimum absolute atomic E-state index is 0.0200. The number of piperidine rings is 1. The lowest BCUT2D eigenvalue weighted by atomic mass is 9.87. The van der Waals surface area contributed by atoms with E-state index in [1.54, 1.807) is 5.51 Å². The topological polar surface area (TPSA) is 45.7 Å². The van der Waals surface area contributed by atoms with E-state index in [0.717, 1.165) is 39.0 Å². The zero-order valence-electron chi connectivity index (χ0n) is 12.9. The molecule has 0 bridgehead atoms. The van der Waals surface area contributed by atoms with Crippen molar-refractivity contribution < 1.29 is 9.53 Å². The molecule has 1 aromatic rings. The highest BCUT2D eigenvalue weighted by Crippen LogP contribution is 2.38. The van der Waals surface area contributed by atoms with E-state index in [4.69, 9.17) is 4.74 Å². The van der Waals surface area contributed by atoms with Crippen molar-refractivity contribution in [3.05, 3.63) is 16.6 Å². The molecule has 0 saturated carbocycles. The van der Waals surface area contributed by atoms with E-state index in [0.29, 0.717) is 11.7 Å². The van der Waals surface area contributed by atoms with Crippen LogP contribution in [0.15, 0.2) is 10.9 Å². The number of amides is 1. The minimum atomic E-state index is 0.0200. The number of hydrogen-bond acceptors (Lipinski definition) is 5. The molecule has 120 valence electrons. The zero-order valence-corrected chi connectivity index (χ0v) is 13.7. The van der Waals surface area contributed by atoms with Gasteiger partial charge in [0, 0.05) is 24.5 Å². The first kappa shape index (κ1) is 14.6.